The predicted octanol–water partition coefficient (Wildman–Crippen LogP) is 3.45. The van der Waals surface area contributed by atoms with Crippen molar-refractivity contribution in [3.8, 4) is 0 Å². The molecule has 0 aliphatic heterocycles. The van der Waals surface area contributed by atoms with Gasteiger partial charge >= 0.3 is 0 Å². The molecule has 0 fully saturated rings. The summed E-state index contributed by atoms with van der Waals surface area (Å²) in [7, 11) is -2.31. The highest BCUT2D eigenvalue weighted by atomic mass is 32.2. The molecule has 0 unspecified atom stereocenters. The van der Waals surface area contributed by atoms with Gasteiger partial charge in [-0.1, -0.05) is 18.2 Å². The van der Waals surface area contributed by atoms with E-state index in [0.717, 1.165) is 16.5 Å². The molecule has 1 aromatic heterocycles. The molecular formula is C20H22N2O4S. The molecule has 0 saturated carbocycles. The zero-order valence-corrected chi connectivity index (χ0v) is 16.5. The summed E-state index contributed by atoms with van der Waals surface area (Å²) in [6.45, 7) is 5.32. The highest BCUT2D eigenvalue weighted by molar-refractivity contribution is 7.89. The molecule has 2 N–H and O–H groups in total. The third-order valence-electron chi connectivity index (χ3n) is 4.66. The summed E-state index contributed by atoms with van der Waals surface area (Å²) in [5.74, 6) is 0.273. The van der Waals surface area contributed by atoms with Crippen molar-refractivity contribution in [2.45, 2.75) is 31.7 Å². The molecule has 0 spiro atoms. The number of carbonyl (C=O) groups is 1. The topological polar surface area (TPSA) is 88.4 Å². The molecule has 2 aromatic carbocycles. The van der Waals surface area contributed by atoms with E-state index in [-0.39, 0.29) is 22.4 Å². The Bertz CT molecular complexity index is 1080. The molecule has 1 heterocycles. The molecule has 0 radical (unpaired) electrons. The van der Waals surface area contributed by atoms with E-state index in [0.29, 0.717) is 11.3 Å². The molecule has 6 nitrogen and oxygen atoms in total. The predicted molar refractivity (Wildman–Crippen MR) is 104 cm³/mol. The van der Waals surface area contributed by atoms with Gasteiger partial charge in [0.1, 0.15) is 11.3 Å². The SMILES string of the molecule is CNS(=O)(=O)c1cc(C(=O)N[C@H](C)c2cc3ccccc3o2)cc(C)c1C. The van der Waals surface area contributed by atoms with Gasteiger partial charge in [-0.3, -0.25) is 4.79 Å². The first-order valence-electron chi connectivity index (χ1n) is 8.57. The smallest absolute Gasteiger partial charge is 0.251 e. The van der Waals surface area contributed by atoms with Crippen molar-refractivity contribution in [2.75, 3.05) is 7.05 Å². The summed E-state index contributed by atoms with van der Waals surface area (Å²) in [6, 6.07) is 12.2. The van der Waals surface area contributed by atoms with Gasteiger partial charge in [0, 0.05) is 10.9 Å². The lowest BCUT2D eigenvalue weighted by Crippen LogP contribution is -2.27. The molecule has 27 heavy (non-hydrogen) atoms. The Labute approximate surface area is 158 Å². The Morgan fingerprint density at radius 1 is 1.11 bits per heavy atom. The van der Waals surface area contributed by atoms with Crippen LogP contribution in [0, 0.1) is 13.8 Å². The second kappa shape index (κ2) is 7.17. The van der Waals surface area contributed by atoms with E-state index in [1.807, 2.05) is 37.3 Å². The van der Waals surface area contributed by atoms with Crippen LogP contribution in [0.25, 0.3) is 11.0 Å². The maximum absolute atomic E-state index is 12.7. The minimum absolute atomic E-state index is 0.103. The van der Waals surface area contributed by atoms with Crippen molar-refractivity contribution >= 4 is 26.9 Å². The van der Waals surface area contributed by atoms with Crippen LogP contribution in [-0.2, 0) is 10.0 Å². The molecule has 0 saturated heterocycles. The lowest BCUT2D eigenvalue weighted by molar-refractivity contribution is 0.0935. The van der Waals surface area contributed by atoms with Crippen LogP contribution in [0.15, 0.2) is 51.8 Å². The molecular weight excluding hydrogens is 364 g/mol. The number of aryl methyl sites for hydroxylation is 1. The molecule has 142 valence electrons. The maximum atomic E-state index is 12.7. The van der Waals surface area contributed by atoms with Gasteiger partial charge in [-0.05, 0) is 63.2 Å². The Hall–Kier alpha value is -2.64. The van der Waals surface area contributed by atoms with Crippen molar-refractivity contribution in [3.05, 3.63) is 64.9 Å². The van der Waals surface area contributed by atoms with Crippen LogP contribution in [0.2, 0.25) is 0 Å². The van der Waals surface area contributed by atoms with Crippen LogP contribution in [-0.4, -0.2) is 21.4 Å². The Morgan fingerprint density at radius 2 is 1.81 bits per heavy atom. The zero-order valence-electron chi connectivity index (χ0n) is 15.7. The maximum Gasteiger partial charge on any atom is 0.251 e. The molecule has 3 rings (SSSR count). The average molecular weight is 386 g/mol. The number of rotatable bonds is 5. The summed E-state index contributed by atoms with van der Waals surface area (Å²) in [5.41, 5.74) is 2.39. The number of hydrogen-bond acceptors (Lipinski definition) is 4. The minimum Gasteiger partial charge on any atom is -0.459 e. The van der Waals surface area contributed by atoms with E-state index >= 15 is 0 Å². The quantitative estimate of drug-likeness (QED) is 0.703. The van der Waals surface area contributed by atoms with Gasteiger partial charge in [-0.25, -0.2) is 13.1 Å². The number of para-hydroxylation sites is 1. The van der Waals surface area contributed by atoms with Gasteiger partial charge in [-0.15, -0.1) is 0 Å². The fraction of sp³-hybridized carbons (Fsp3) is 0.250. The largest absolute Gasteiger partial charge is 0.459 e. The number of hydrogen-bond donors (Lipinski definition) is 2. The lowest BCUT2D eigenvalue weighted by Gasteiger charge is -2.15. The van der Waals surface area contributed by atoms with Crippen molar-refractivity contribution in [1.82, 2.24) is 10.0 Å². The van der Waals surface area contributed by atoms with E-state index in [4.69, 9.17) is 4.42 Å². The molecule has 0 aliphatic carbocycles. The minimum atomic E-state index is -3.65. The first-order valence-corrected chi connectivity index (χ1v) is 10.1. The van der Waals surface area contributed by atoms with Gasteiger partial charge in [0.05, 0.1) is 10.9 Å². The summed E-state index contributed by atoms with van der Waals surface area (Å²) in [6.07, 6.45) is 0. The molecule has 1 atom stereocenters. The van der Waals surface area contributed by atoms with Crippen LogP contribution in [0.5, 0.6) is 0 Å². The van der Waals surface area contributed by atoms with Gasteiger partial charge in [0.25, 0.3) is 5.91 Å². The first-order chi connectivity index (χ1) is 12.7. The number of fused-ring (bicyclic) bond motifs is 1. The van der Waals surface area contributed by atoms with E-state index < -0.39 is 10.0 Å². The molecule has 0 aliphatic rings. The van der Waals surface area contributed by atoms with E-state index in [1.165, 1.54) is 13.1 Å². The van der Waals surface area contributed by atoms with Crippen molar-refractivity contribution in [1.29, 1.82) is 0 Å². The van der Waals surface area contributed by atoms with Crippen molar-refractivity contribution in [2.24, 2.45) is 0 Å². The number of sulfonamides is 1. The van der Waals surface area contributed by atoms with Crippen LogP contribution in [0.3, 0.4) is 0 Å². The van der Waals surface area contributed by atoms with Crippen molar-refractivity contribution in [3.63, 3.8) is 0 Å². The summed E-state index contributed by atoms with van der Waals surface area (Å²) >= 11 is 0. The number of carbonyl (C=O) groups excluding carboxylic acids is 1. The molecule has 7 heteroatoms. The normalized spacial score (nSPS) is 12.9. The number of amides is 1. The van der Waals surface area contributed by atoms with E-state index in [2.05, 4.69) is 10.0 Å². The monoisotopic (exact) mass is 386 g/mol. The Balaban J connectivity index is 1.89. The third-order valence-corrected chi connectivity index (χ3v) is 6.20. The van der Waals surface area contributed by atoms with Gasteiger partial charge < -0.3 is 9.73 Å². The highest BCUT2D eigenvalue weighted by Crippen LogP contribution is 2.25. The fourth-order valence-corrected chi connectivity index (χ4v) is 3.98. The second-order valence-corrected chi connectivity index (χ2v) is 8.36. The molecule has 1 amide bonds. The summed E-state index contributed by atoms with van der Waals surface area (Å²) in [5, 5.41) is 3.83. The molecule has 0 bridgehead atoms. The van der Waals surface area contributed by atoms with Gasteiger partial charge in [0.15, 0.2) is 0 Å². The van der Waals surface area contributed by atoms with Gasteiger partial charge in [-0.2, -0.15) is 0 Å². The van der Waals surface area contributed by atoms with Crippen molar-refractivity contribution < 1.29 is 17.6 Å². The summed E-state index contributed by atoms with van der Waals surface area (Å²) in [4.78, 5) is 12.8. The number of nitrogens with one attached hydrogen (secondary N) is 2. The highest BCUT2D eigenvalue weighted by Gasteiger charge is 2.21. The van der Waals surface area contributed by atoms with Crippen LogP contribution in [0.4, 0.5) is 0 Å². The first kappa shape index (κ1) is 19.1. The lowest BCUT2D eigenvalue weighted by atomic mass is 10.1. The van der Waals surface area contributed by atoms with E-state index in [9.17, 15) is 13.2 Å². The average Bonchev–Trinajstić information content (AvgIpc) is 3.08. The third kappa shape index (κ3) is 3.74. The second-order valence-electron chi connectivity index (χ2n) is 6.51. The van der Waals surface area contributed by atoms with Crippen LogP contribution < -0.4 is 10.0 Å². The standard InChI is InChI=1S/C20H22N2O4S/c1-12-9-16(11-19(13(12)2)27(24,25)21-4)20(23)22-14(3)18-10-15-7-5-6-8-17(15)26-18/h5-11,14,21H,1-4H3,(H,22,23)/t14-/m1/s1. The van der Waals surface area contributed by atoms with Gasteiger partial charge in [0.2, 0.25) is 10.0 Å². The number of furan rings is 1. The summed E-state index contributed by atoms with van der Waals surface area (Å²) < 4.78 is 32.6. The zero-order chi connectivity index (χ0) is 19.8. The number of benzene rings is 2. The van der Waals surface area contributed by atoms with Crippen LogP contribution in [0.1, 0.15) is 40.2 Å². The Morgan fingerprint density at radius 3 is 2.48 bits per heavy atom. The van der Waals surface area contributed by atoms with Crippen LogP contribution >= 0.6 is 0 Å². The van der Waals surface area contributed by atoms with E-state index in [1.54, 1.807) is 19.9 Å². The Kier molecular flexibility index (Phi) is 5.08. The molecule has 3 aromatic rings. The fourth-order valence-electron chi connectivity index (χ4n) is 2.91.